The van der Waals surface area contributed by atoms with E-state index in [-0.39, 0.29) is 11.2 Å². The summed E-state index contributed by atoms with van der Waals surface area (Å²) in [6.07, 6.45) is 3.11. The Labute approximate surface area is 193 Å². The van der Waals surface area contributed by atoms with E-state index in [0.717, 1.165) is 48.1 Å². The molecule has 0 bridgehead atoms. The maximum atomic E-state index is 13.1. The molecule has 1 aromatic heterocycles. The number of hydrogen-bond acceptors (Lipinski definition) is 5. The van der Waals surface area contributed by atoms with Gasteiger partial charge in [0.1, 0.15) is 17.6 Å². The molecule has 7 heteroatoms. The second-order valence-corrected chi connectivity index (χ2v) is 9.60. The number of ether oxygens (including phenoxy) is 1. The monoisotopic (exact) mass is 450 g/mol. The standard InChI is InChI=1S/C25H30N4O2S/c1-18(2)15-16-29-22(17-31-21-11-7-4-8-12-21)27-28-25(29)32-23(19-9-5-3-6-10-19)24(30)26-20-13-14-20/h3-12,18,20,23H,13-17H2,1-2H3,(H,26,30). The Bertz CT molecular complexity index is 1000. The molecule has 1 aliphatic rings. The largest absolute Gasteiger partial charge is 0.486 e. The van der Waals surface area contributed by atoms with E-state index >= 15 is 0 Å². The highest BCUT2D eigenvalue weighted by molar-refractivity contribution is 8.00. The first-order valence-corrected chi connectivity index (χ1v) is 12.1. The summed E-state index contributed by atoms with van der Waals surface area (Å²) in [5.41, 5.74) is 0.969. The summed E-state index contributed by atoms with van der Waals surface area (Å²) < 4.78 is 8.04. The van der Waals surface area contributed by atoms with Crippen molar-refractivity contribution >= 4 is 17.7 Å². The van der Waals surface area contributed by atoms with Gasteiger partial charge < -0.3 is 14.6 Å². The van der Waals surface area contributed by atoms with Crippen LogP contribution in [0.1, 0.15) is 49.7 Å². The van der Waals surface area contributed by atoms with Gasteiger partial charge in [-0.15, -0.1) is 10.2 Å². The predicted molar refractivity (Wildman–Crippen MR) is 126 cm³/mol. The third-order valence-electron chi connectivity index (χ3n) is 5.32. The van der Waals surface area contributed by atoms with Gasteiger partial charge in [0.2, 0.25) is 5.91 Å². The first-order chi connectivity index (χ1) is 15.6. The zero-order chi connectivity index (χ0) is 22.3. The Hall–Kier alpha value is -2.80. The Balaban J connectivity index is 1.56. The van der Waals surface area contributed by atoms with Gasteiger partial charge in [0.25, 0.3) is 0 Å². The summed E-state index contributed by atoms with van der Waals surface area (Å²) in [4.78, 5) is 13.1. The van der Waals surface area contributed by atoms with Crippen LogP contribution in [0.25, 0.3) is 0 Å². The van der Waals surface area contributed by atoms with Crippen molar-refractivity contribution in [3.8, 4) is 5.75 Å². The number of nitrogens with zero attached hydrogens (tertiary/aromatic N) is 3. The molecule has 1 atom stereocenters. The van der Waals surface area contributed by atoms with Gasteiger partial charge in [-0.25, -0.2) is 0 Å². The minimum Gasteiger partial charge on any atom is -0.486 e. The highest BCUT2D eigenvalue weighted by Crippen LogP contribution is 2.36. The van der Waals surface area contributed by atoms with Crippen molar-refractivity contribution in [1.29, 1.82) is 0 Å². The molecule has 6 nitrogen and oxygen atoms in total. The van der Waals surface area contributed by atoms with Crippen LogP contribution in [0.5, 0.6) is 5.75 Å². The van der Waals surface area contributed by atoms with Crippen LogP contribution in [0.4, 0.5) is 0 Å². The van der Waals surface area contributed by atoms with E-state index in [4.69, 9.17) is 4.74 Å². The quantitative estimate of drug-likeness (QED) is 0.416. The van der Waals surface area contributed by atoms with E-state index < -0.39 is 0 Å². The van der Waals surface area contributed by atoms with Crippen molar-refractivity contribution < 1.29 is 9.53 Å². The lowest BCUT2D eigenvalue weighted by Crippen LogP contribution is -2.30. The second-order valence-electron chi connectivity index (χ2n) is 8.53. The highest BCUT2D eigenvalue weighted by Gasteiger charge is 2.30. The van der Waals surface area contributed by atoms with Crippen LogP contribution < -0.4 is 10.1 Å². The molecule has 1 heterocycles. The minimum atomic E-state index is -0.373. The van der Waals surface area contributed by atoms with Crippen LogP contribution in [0.2, 0.25) is 0 Å². The molecule has 0 aliphatic heterocycles. The van der Waals surface area contributed by atoms with Crippen molar-refractivity contribution in [2.75, 3.05) is 0 Å². The molecule has 0 spiro atoms. The van der Waals surface area contributed by atoms with E-state index in [0.29, 0.717) is 18.6 Å². The number of para-hydroxylation sites is 1. The first kappa shape index (κ1) is 22.4. The van der Waals surface area contributed by atoms with Crippen LogP contribution >= 0.6 is 11.8 Å². The van der Waals surface area contributed by atoms with Gasteiger partial charge in [-0.05, 0) is 42.9 Å². The molecule has 0 radical (unpaired) electrons. The molecule has 4 rings (SSSR count). The number of carbonyl (C=O) groups excluding carboxylic acids is 1. The summed E-state index contributed by atoms with van der Waals surface area (Å²) in [7, 11) is 0. The number of benzene rings is 2. The molecule has 3 aromatic rings. The normalized spacial score (nSPS) is 14.3. The Kier molecular flexibility index (Phi) is 7.47. The highest BCUT2D eigenvalue weighted by atomic mass is 32.2. The molecule has 168 valence electrons. The summed E-state index contributed by atoms with van der Waals surface area (Å²) in [6.45, 7) is 5.52. The SMILES string of the molecule is CC(C)CCn1c(COc2ccccc2)nnc1SC(C(=O)NC1CC1)c1ccccc1. The molecule has 1 aliphatic carbocycles. The van der Waals surface area contributed by atoms with E-state index in [9.17, 15) is 4.79 Å². The average Bonchev–Trinajstić information content (AvgIpc) is 3.54. The molecule has 1 amide bonds. The molecular formula is C25H30N4O2S. The molecule has 32 heavy (non-hydrogen) atoms. The fourth-order valence-electron chi connectivity index (χ4n) is 3.30. The van der Waals surface area contributed by atoms with Crippen LogP contribution in [0.3, 0.4) is 0 Å². The summed E-state index contributed by atoms with van der Waals surface area (Å²) in [6, 6.07) is 19.9. The lowest BCUT2D eigenvalue weighted by molar-refractivity contribution is -0.120. The fraction of sp³-hybridized carbons (Fsp3) is 0.400. The molecule has 2 aromatic carbocycles. The van der Waals surface area contributed by atoms with Crippen LogP contribution in [-0.2, 0) is 17.9 Å². The van der Waals surface area contributed by atoms with Crippen molar-refractivity contribution in [2.24, 2.45) is 5.92 Å². The van der Waals surface area contributed by atoms with Gasteiger partial charge in [-0.3, -0.25) is 4.79 Å². The number of thioether (sulfide) groups is 1. The number of carbonyl (C=O) groups is 1. The number of rotatable bonds is 11. The van der Waals surface area contributed by atoms with E-state index in [1.54, 1.807) is 0 Å². The third kappa shape index (κ3) is 6.13. The number of amides is 1. The van der Waals surface area contributed by atoms with Gasteiger partial charge in [0.05, 0.1) is 0 Å². The van der Waals surface area contributed by atoms with Crippen LogP contribution in [-0.4, -0.2) is 26.7 Å². The minimum absolute atomic E-state index is 0.0317. The van der Waals surface area contributed by atoms with Gasteiger partial charge in [-0.2, -0.15) is 0 Å². The number of nitrogens with one attached hydrogen (secondary N) is 1. The molecule has 1 fully saturated rings. The fourth-order valence-corrected chi connectivity index (χ4v) is 4.39. The molecular weight excluding hydrogens is 420 g/mol. The van der Waals surface area contributed by atoms with Gasteiger partial charge in [-0.1, -0.05) is 74.1 Å². The second kappa shape index (κ2) is 10.7. The first-order valence-electron chi connectivity index (χ1n) is 11.2. The van der Waals surface area contributed by atoms with E-state index in [2.05, 4.69) is 33.9 Å². The molecule has 1 saturated carbocycles. The Morgan fingerprint density at radius 2 is 1.78 bits per heavy atom. The summed E-state index contributed by atoms with van der Waals surface area (Å²) in [5, 5.41) is 12.4. The van der Waals surface area contributed by atoms with Gasteiger partial charge >= 0.3 is 0 Å². The zero-order valence-electron chi connectivity index (χ0n) is 18.6. The van der Waals surface area contributed by atoms with Gasteiger partial charge in [0, 0.05) is 12.6 Å². The van der Waals surface area contributed by atoms with Crippen LogP contribution in [0.15, 0.2) is 65.8 Å². The van der Waals surface area contributed by atoms with Crippen molar-refractivity contribution in [3.63, 3.8) is 0 Å². The van der Waals surface area contributed by atoms with Crippen molar-refractivity contribution in [1.82, 2.24) is 20.1 Å². The van der Waals surface area contributed by atoms with E-state index in [1.807, 2.05) is 60.7 Å². The summed E-state index contributed by atoms with van der Waals surface area (Å²) >= 11 is 1.46. The van der Waals surface area contributed by atoms with Gasteiger partial charge in [0.15, 0.2) is 11.0 Å². The maximum absolute atomic E-state index is 13.1. The maximum Gasteiger partial charge on any atom is 0.238 e. The predicted octanol–water partition coefficient (Wildman–Crippen LogP) is 5.02. The third-order valence-corrected chi connectivity index (χ3v) is 6.56. The molecule has 1 N–H and O–H groups in total. The number of aromatic nitrogens is 3. The van der Waals surface area contributed by atoms with E-state index in [1.165, 1.54) is 11.8 Å². The Morgan fingerprint density at radius 1 is 1.09 bits per heavy atom. The zero-order valence-corrected chi connectivity index (χ0v) is 19.4. The lowest BCUT2D eigenvalue weighted by atomic mass is 10.1. The lowest BCUT2D eigenvalue weighted by Gasteiger charge is -2.18. The van der Waals surface area contributed by atoms with Crippen LogP contribution in [0, 0.1) is 5.92 Å². The molecule has 0 saturated heterocycles. The number of hydrogen-bond donors (Lipinski definition) is 1. The average molecular weight is 451 g/mol. The summed E-state index contributed by atoms with van der Waals surface area (Å²) in [5.74, 6) is 2.14. The topological polar surface area (TPSA) is 69.0 Å². The Morgan fingerprint density at radius 3 is 2.44 bits per heavy atom. The molecule has 1 unspecified atom stereocenters. The smallest absolute Gasteiger partial charge is 0.238 e. The van der Waals surface area contributed by atoms with Crippen molar-refractivity contribution in [3.05, 3.63) is 72.1 Å². The van der Waals surface area contributed by atoms with Crippen molar-refractivity contribution in [2.45, 2.75) is 62.7 Å².